The zero-order chi connectivity index (χ0) is 13.8. The van der Waals surface area contributed by atoms with E-state index < -0.39 is 0 Å². The van der Waals surface area contributed by atoms with E-state index in [9.17, 15) is 0 Å². The zero-order valence-corrected chi connectivity index (χ0v) is 12.5. The molecule has 1 aromatic rings. The predicted octanol–water partition coefficient (Wildman–Crippen LogP) is 3.63. The highest BCUT2D eigenvalue weighted by atomic mass is 15.1. The van der Waals surface area contributed by atoms with E-state index in [-0.39, 0.29) is 0 Å². The first-order valence-corrected chi connectivity index (χ1v) is 7.41. The Morgan fingerprint density at radius 2 is 1.95 bits per heavy atom. The van der Waals surface area contributed by atoms with Crippen molar-refractivity contribution in [3.63, 3.8) is 0 Å². The molecule has 19 heavy (non-hydrogen) atoms. The van der Waals surface area contributed by atoms with Crippen LogP contribution in [0.4, 0.5) is 11.6 Å². The quantitative estimate of drug-likeness (QED) is 0.870. The lowest BCUT2D eigenvalue weighted by atomic mass is 9.87. The second-order valence-electron chi connectivity index (χ2n) is 6.01. The second kappa shape index (κ2) is 6.22. The summed E-state index contributed by atoms with van der Waals surface area (Å²) in [6.45, 7) is 6.59. The van der Waals surface area contributed by atoms with Crippen molar-refractivity contribution in [2.24, 2.45) is 5.92 Å². The van der Waals surface area contributed by atoms with Crippen LogP contribution in [0.3, 0.4) is 0 Å². The number of nitrogens with zero attached hydrogens (tertiary/aromatic N) is 2. The van der Waals surface area contributed by atoms with Crippen molar-refractivity contribution in [1.29, 1.82) is 0 Å². The Labute approximate surface area is 116 Å². The standard InChI is InChI=1S/C15H26N4/c1-10(2)15-18-13(16-4)9-14(19-15)17-12-7-5-6-11(3)8-12/h9-12H,5-8H2,1-4H3,(H2,16,17,18,19). The van der Waals surface area contributed by atoms with Gasteiger partial charge in [0.25, 0.3) is 0 Å². The fourth-order valence-corrected chi connectivity index (χ4v) is 2.70. The van der Waals surface area contributed by atoms with Crippen LogP contribution in [0, 0.1) is 5.92 Å². The van der Waals surface area contributed by atoms with Gasteiger partial charge in [-0.2, -0.15) is 0 Å². The van der Waals surface area contributed by atoms with Crippen molar-refractivity contribution in [2.45, 2.75) is 58.4 Å². The molecule has 0 radical (unpaired) electrons. The second-order valence-corrected chi connectivity index (χ2v) is 6.01. The Bertz CT molecular complexity index is 417. The number of hydrogen-bond acceptors (Lipinski definition) is 4. The Kier molecular flexibility index (Phi) is 4.61. The SMILES string of the molecule is CNc1cc(NC2CCCC(C)C2)nc(C(C)C)n1. The topological polar surface area (TPSA) is 49.8 Å². The molecule has 4 heteroatoms. The van der Waals surface area contributed by atoms with Crippen molar-refractivity contribution < 1.29 is 0 Å². The molecule has 0 spiro atoms. The number of anilines is 2. The molecule has 1 heterocycles. The first kappa shape index (κ1) is 14.1. The summed E-state index contributed by atoms with van der Waals surface area (Å²) in [7, 11) is 1.90. The van der Waals surface area contributed by atoms with E-state index in [2.05, 4.69) is 41.4 Å². The number of rotatable bonds is 4. The Morgan fingerprint density at radius 3 is 2.58 bits per heavy atom. The summed E-state index contributed by atoms with van der Waals surface area (Å²) in [6, 6.07) is 2.56. The lowest BCUT2D eigenvalue weighted by Gasteiger charge is -2.28. The maximum absolute atomic E-state index is 4.64. The molecule has 1 aromatic heterocycles. The monoisotopic (exact) mass is 262 g/mol. The molecule has 2 rings (SSSR count). The minimum atomic E-state index is 0.346. The predicted molar refractivity (Wildman–Crippen MR) is 80.7 cm³/mol. The van der Waals surface area contributed by atoms with Gasteiger partial charge in [0.05, 0.1) is 0 Å². The van der Waals surface area contributed by atoms with Crippen LogP contribution in [0.2, 0.25) is 0 Å². The first-order chi connectivity index (χ1) is 9.08. The van der Waals surface area contributed by atoms with Gasteiger partial charge in [0.15, 0.2) is 0 Å². The van der Waals surface area contributed by atoms with Gasteiger partial charge in [0.2, 0.25) is 0 Å². The lowest BCUT2D eigenvalue weighted by molar-refractivity contribution is 0.358. The number of nitrogens with one attached hydrogen (secondary N) is 2. The Morgan fingerprint density at radius 1 is 1.21 bits per heavy atom. The first-order valence-electron chi connectivity index (χ1n) is 7.41. The highest BCUT2D eigenvalue weighted by Gasteiger charge is 2.19. The van der Waals surface area contributed by atoms with E-state index in [1.54, 1.807) is 0 Å². The van der Waals surface area contributed by atoms with Gasteiger partial charge in [-0.3, -0.25) is 0 Å². The summed E-state index contributed by atoms with van der Waals surface area (Å²) in [5, 5.41) is 6.71. The summed E-state index contributed by atoms with van der Waals surface area (Å²) in [4.78, 5) is 9.13. The molecule has 0 aromatic carbocycles. The highest BCUT2D eigenvalue weighted by Crippen LogP contribution is 2.26. The highest BCUT2D eigenvalue weighted by molar-refractivity contribution is 5.48. The van der Waals surface area contributed by atoms with Crippen LogP contribution in [0.5, 0.6) is 0 Å². The number of aromatic nitrogens is 2. The zero-order valence-electron chi connectivity index (χ0n) is 12.5. The maximum Gasteiger partial charge on any atom is 0.135 e. The van der Waals surface area contributed by atoms with Crippen LogP contribution in [0.1, 0.15) is 58.2 Å². The smallest absolute Gasteiger partial charge is 0.135 e. The summed E-state index contributed by atoms with van der Waals surface area (Å²) >= 11 is 0. The third kappa shape index (κ3) is 3.82. The summed E-state index contributed by atoms with van der Waals surface area (Å²) in [5.41, 5.74) is 0. The fourth-order valence-electron chi connectivity index (χ4n) is 2.70. The number of hydrogen-bond donors (Lipinski definition) is 2. The molecule has 106 valence electrons. The van der Waals surface area contributed by atoms with Crippen LogP contribution < -0.4 is 10.6 Å². The van der Waals surface area contributed by atoms with Crippen molar-refractivity contribution in [2.75, 3.05) is 17.7 Å². The minimum absolute atomic E-state index is 0.346. The van der Waals surface area contributed by atoms with Crippen LogP contribution >= 0.6 is 0 Å². The van der Waals surface area contributed by atoms with Gasteiger partial charge >= 0.3 is 0 Å². The molecule has 2 atom stereocenters. The fraction of sp³-hybridized carbons (Fsp3) is 0.733. The molecule has 2 N–H and O–H groups in total. The van der Waals surface area contributed by atoms with E-state index >= 15 is 0 Å². The van der Waals surface area contributed by atoms with Gasteiger partial charge in [-0.05, 0) is 18.8 Å². The third-order valence-corrected chi connectivity index (χ3v) is 3.80. The molecule has 0 aliphatic heterocycles. The molecule has 1 saturated carbocycles. The molecular formula is C15H26N4. The molecule has 2 unspecified atom stereocenters. The summed E-state index contributed by atoms with van der Waals surface area (Å²) < 4.78 is 0. The molecular weight excluding hydrogens is 236 g/mol. The maximum atomic E-state index is 4.64. The summed E-state index contributed by atoms with van der Waals surface area (Å²) in [5.74, 6) is 3.92. The van der Waals surface area contributed by atoms with Crippen molar-refractivity contribution >= 4 is 11.6 Å². The normalized spacial score (nSPS) is 23.4. The van der Waals surface area contributed by atoms with Crippen molar-refractivity contribution in [3.8, 4) is 0 Å². The average Bonchev–Trinajstić information content (AvgIpc) is 2.38. The van der Waals surface area contributed by atoms with Gasteiger partial charge in [-0.1, -0.05) is 33.6 Å². The third-order valence-electron chi connectivity index (χ3n) is 3.80. The van der Waals surface area contributed by atoms with Crippen LogP contribution in [-0.4, -0.2) is 23.1 Å². The van der Waals surface area contributed by atoms with Gasteiger partial charge in [0, 0.05) is 25.1 Å². The molecule has 1 aliphatic rings. The van der Waals surface area contributed by atoms with E-state index in [1.807, 2.05) is 13.1 Å². The van der Waals surface area contributed by atoms with E-state index in [1.165, 1.54) is 25.7 Å². The minimum Gasteiger partial charge on any atom is -0.373 e. The summed E-state index contributed by atoms with van der Waals surface area (Å²) in [6.07, 6.45) is 5.18. The lowest BCUT2D eigenvalue weighted by Crippen LogP contribution is -2.27. The molecule has 0 saturated heterocycles. The van der Waals surface area contributed by atoms with Gasteiger partial charge in [0.1, 0.15) is 17.5 Å². The molecule has 1 aliphatic carbocycles. The molecule has 4 nitrogen and oxygen atoms in total. The Hall–Kier alpha value is -1.32. The van der Waals surface area contributed by atoms with Crippen LogP contribution in [-0.2, 0) is 0 Å². The molecule has 0 bridgehead atoms. The van der Waals surface area contributed by atoms with Gasteiger partial charge < -0.3 is 10.6 Å². The largest absolute Gasteiger partial charge is 0.373 e. The van der Waals surface area contributed by atoms with Gasteiger partial charge in [-0.25, -0.2) is 9.97 Å². The van der Waals surface area contributed by atoms with Crippen LogP contribution in [0.15, 0.2) is 6.07 Å². The van der Waals surface area contributed by atoms with E-state index in [4.69, 9.17) is 0 Å². The van der Waals surface area contributed by atoms with Gasteiger partial charge in [-0.15, -0.1) is 0 Å². The Balaban J connectivity index is 2.12. The molecule has 0 amide bonds. The van der Waals surface area contributed by atoms with Crippen molar-refractivity contribution in [1.82, 2.24) is 9.97 Å². The van der Waals surface area contributed by atoms with Crippen molar-refractivity contribution in [3.05, 3.63) is 11.9 Å². The average molecular weight is 262 g/mol. The van der Waals surface area contributed by atoms with Crippen LogP contribution in [0.25, 0.3) is 0 Å². The molecule has 1 fully saturated rings. The van der Waals surface area contributed by atoms with E-state index in [0.29, 0.717) is 12.0 Å². The van der Waals surface area contributed by atoms with E-state index in [0.717, 1.165) is 23.4 Å².